The van der Waals surface area contributed by atoms with Gasteiger partial charge in [-0.2, -0.15) is 0 Å². The fourth-order valence-electron chi connectivity index (χ4n) is 11.0. The summed E-state index contributed by atoms with van der Waals surface area (Å²) in [7, 11) is 0. The van der Waals surface area contributed by atoms with Crippen molar-refractivity contribution in [1.29, 1.82) is 0 Å². The Labute approximate surface area is 370 Å². The van der Waals surface area contributed by atoms with E-state index in [-0.39, 0.29) is 5.41 Å². The van der Waals surface area contributed by atoms with Crippen LogP contribution in [0.4, 0.5) is 17.1 Å². The first-order valence-electron chi connectivity index (χ1n) is 22.1. The summed E-state index contributed by atoms with van der Waals surface area (Å²) in [6.45, 7) is 4.72. The van der Waals surface area contributed by atoms with E-state index in [9.17, 15) is 0 Å². The van der Waals surface area contributed by atoms with Gasteiger partial charge in [0.05, 0.1) is 5.41 Å². The Balaban J connectivity index is 0.996. The van der Waals surface area contributed by atoms with Gasteiger partial charge in [-0.05, 0) is 131 Å². The lowest BCUT2D eigenvalue weighted by atomic mass is 9.66. The van der Waals surface area contributed by atoms with Crippen molar-refractivity contribution in [2.45, 2.75) is 24.7 Å². The van der Waals surface area contributed by atoms with Gasteiger partial charge in [0.15, 0.2) is 0 Å². The first-order chi connectivity index (χ1) is 31.0. The fourth-order valence-corrected chi connectivity index (χ4v) is 11.0. The smallest absolute Gasteiger partial charge is 0.0719 e. The average Bonchev–Trinajstić information content (AvgIpc) is 3.78. The number of fused-ring (bicyclic) bond motifs is 8. The molecule has 0 N–H and O–H groups in total. The number of hydrogen-bond donors (Lipinski definition) is 0. The molecule has 0 heterocycles. The fraction of sp³-hybridized carbons (Fsp3) is 0.0645. The van der Waals surface area contributed by atoms with E-state index in [1.54, 1.807) is 0 Å². The van der Waals surface area contributed by atoms with Crippen LogP contribution in [-0.4, -0.2) is 0 Å². The van der Waals surface area contributed by atoms with Crippen LogP contribution < -0.4 is 4.90 Å². The van der Waals surface area contributed by atoms with Crippen LogP contribution in [0.25, 0.3) is 55.3 Å². The van der Waals surface area contributed by atoms with E-state index in [2.05, 4.69) is 255 Å². The Kier molecular flexibility index (Phi) is 8.49. The molecule has 0 unspecified atom stereocenters. The Bertz CT molecular complexity index is 3290. The zero-order valence-electron chi connectivity index (χ0n) is 35.5. The molecule has 0 amide bonds. The predicted octanol–water partition coefficient (Wildman–Crippen LogP) is 16.3. The van der Waals surface area contributed by atoms with Gasteiger partial charge in [0.2, 0.25) is 0 Å². The van der Waals surface area contributed by atoms with E-state index in [1.165, 1.54) is 88.7 Å². The lowest BCUT2D eigenvalue weighted by molar-refractivity contribution is 0.660. The molecule has 2 aliphatic carbocycles. The van der Waals surface area contributed by atoms with Crippen LogP contribution >= 0.6 is 0 Å². The summed E-state index contributed by atoms with van der Waals surface area (Å²) in [5, 5.41) is 2.52. The highest BCUT2D eigenvalue weighted by Crippen LogP contribution is 2.58. The van der Waals surface area contributed by atoms with Crippen LogP contribution in [0.2, 0.25) is 0 Å². The first kappa shape index (κ1) is 37.1. The van der Waals surface area contributed by atoms with Crippen molar-refractivity contribution in [3.63, 3.8) is 0 Å². The highest BCUT2D eigenvalue weighted by atomic mass is 15.1. The van der Waals surface area contributed by atoms with E-state index in [0.29, 0.717) is 0 Å². The van der Waals surface area contributed by atoms with Crippen molar-refractivity contribution < 1.29 is 0 Å². The second-order valence-corrected chi connectivity index (χ2v) is 17.6. The lowest BCUT2D eigenvalue weighted by Crippen LogP contribution is -2.28. The van der Waals surface area contributed by atoms with Gasteiger partial charge in [0, 0.05) is 22.5 Å². The Morgan fingerprint density at radius 3 is 1.40 bits per heavy atom. The SMILES string of the molecule is CC1(C)c2ccccc2-c2ccc(N(c3ccc(-c4ccccc4)cc3)c3ccc(-c4ccc5ccc6c(c5c4)C(c4ccccc4)(c4ccccc4)c4ccccc4-6)cc3)cc21. The monoisotopic (exact) mass is 803 g/mol. The molecular weight excluding hydrogens is 759 g/mol. The molecule has 63 heavy (non-hydrogen) atoms. The number of anilines is 3. The van der Waals surface area contributed by atoms with Gasteiger partial charge in [-0.25, -0.2) is 0 Å². The third kappa shape index (κ3) is 5.70. The van der Waals surface area contributed by atoms with Crippen LogP contribution in [0, 0.1) is 0 Å². The molecule has 0 saturated carbocycles. The van der Waals surface area contributed by atoms with E-state index >= 15 is 0 Å². The molecule has 0 aromatic heterocycles. The van der Waals surface area contributed by atoms with E-state index in [4.69, 9.17) is 0 Å². The van der Waals surface area contributed by atoms with Crippen LogP contribution in [0.5, 0.6) is 0 Å². The van der Waals surface area contributed by atoms with Crippen molar-refractivity contribution in [2.75, 3.05) is 4.90 Å². The molecule has 0 radical (unpaired) electrons. The molecule has 0 fully saturated rings. The summed E-state index contributed by atoms with van der Waals surface area (Å²) in [6.07, 6.45) is 0. The number of hydrogen-bond acceptors (Lipinski definition) is 1. The van der Waals surface area contributed by atoms with Gasteiger partial charge in [-0.3, -0.25) is 0 Å². The largest absolute Gasteiger partial charge is 0.310 e. The molecule has 12 rings (SSSR count). The highest BCUT2D eigenvalue weighted by Gasteiger charge is 2.47. The molecule has 298 valence electrons. The van der Waals surface area contributed by atoms with Gasteiger partial charge in [0.1, 0.15) is 0 Å². The quantitative estimate of drug-likeness (QED) is 0.155. The number of rotatable bonds is 7. The zero-order valence-corrected chi connectivity index (χ0v) is 35.5. The average molecular weight is 804 g/mol. The lowest BCUT2D eigenvalue weighted by Gasteiger charge is -2.34. The minimum Gasteiger partial charge on any atom is -0.310 e. The molecule has 10 aromatic carbocycles. The first-order valence-corrected chi connectivity index (χ1v) is 22.1. The second-order valence-electron chi connectivity index (χ2n) is 17.6. The molecule has 10 aromatic rings. The normalized spacial score (nSPS) is 13.8. The molecule has 0 atom stereocenters. The maximum atomic E-state index is 2.44. The minimum atomic E-state index is -0.473. The van der Waals surface area contributed by atoms with Gasteiger partial charge in [-0.15, -0.1) is 0 Å². The summed E-state index contributed by atoms with van der Waals surface area (Å²) >= 11 is 0. The summed E-state index contributed by atoms with van der Waals surface area (Å²) in [4.78, 5) is 2.41. The summed E-state index contributed by atoms with van der Waals surface area (Å²) in [6, 6.07) is 87.7. The van der Waals surface area contributed by atoms with Crippen LogP contribution in [0.3, 0.4) is 0 Å². The molecule has 0 spiro atoms. The molecule has 2 aliphatic rings. The van der Waals surface area contributed by atoms with Crippen molar-refractivity contribution >= 4 is 27.8 Å². The van der Waals surface area contributed by atoms with Crippen molar-refractivity contribution in [2.24, 2.45) is 0 Å². The molecule has 0 saturated heterocycles. The van der Waals surface area contributed by atoms with E-state index in [1.807, 2.05) is 0 Å². The van der Waals surface area contributed by atoms with Gasteiger partial charge >= 0.3 is 0 Å². The Hall–Kier alpha value is -7.74. The molecule has 1 heteroatoms. The summed E-state index contributed by atoms with van der Waals surface area (Å²) < 4.78 is 0. The van der Waals surface area contributed by atoms with Crippen LogP contribution in [0.1, 0.15) is 47.2 Å². The Morgan fingerprint density at radius 1 is 0.317 bits per heavy atom. The van der Waals surface area contributed by atoms with Gasteiger partial charge in [0.25, 0.3) is 0 Å². The summed E-state index contributed by atoms with van der Waals surface area (Å²) in [5.41, 5.74) is 20.8. The maximum Gasteiger partial charge on any atom is 0.0719 e. The van der Waals surface area contributed by atoms with E-state index < -0.39 is 5.41 Å². The summed E-state index contributed by atoms with van der Waals surface area (Å²) in [5.74, 6) is 0. The van der Waals surface area contributed by atoms with Crippen LogP contribution in [0.15, 0.2) is 237 Å². The second kappa shape index (κ2) is 14.4. The number of benzene rings is 10. The number of nitrogens with zero attached hydrogens (tertiary/aromatic N) is 1. The molecule has 1 nitrogen and oxygen atoms in total. The Morgan fingerprint density at radius 2 is 0.762 bits per heavy atom. The van der Waals surface area contributed by atoms with Gasteiger partial charge < -0.3 is 4.90 Å². The van der Waals surface area contributed by atoms with E-state index in [0.717, 1.165) is 17.1 Å². The van der Waals surface area contributed by atoms with Gasteiger partial charge in [-0.1, -0.05) is 208 Å². The van der Waals surface area contributed by atoms with Crippen LogP contribution in [-0.2, 0) is 10.8 Å². The third-order valence-corrected chi connectivity index (χ3v) is 13.9. The zero-order chi connectivity index (χ0) is 42.1. The van der Waals surface area contributed by atoms with Crippen molar-refractivity contribution in [3.05, 3.63) is 270 Å². The van der Waals surface area contributed by atoms with Crippen molar-refractivity contribution in [1.82, 2.24) is 0 Å². The third-order valence-electron chi connectivity index (χ3n) is 13.9. The standard InChI is InChI=1S/C62H45N/c1-61(2)57-24-14-12-22-52(57)54-39-37-51(41-59(54)61)63(49-33-28-43(29-34-49)42-16-6-3-7-17-42)50-35-30-44(31-36-50)46-27-26-45-32-38-55-53-23-13-15-25-58(53)62(60(55)56(45)40-46,47-18-8-4-9-19-47)48-20-10-5-11-21-48/h3-41H,1-2H3. The molecular formula is C62H45N. The minimum absolute atomic E-state index is 0.106. The molecule has 0 aliphatic heterocycles. The maximum absolute atomic E-state index is 2.44. The van der Waals surface area contributed by atoms with Crippen molar-refractivity contribution in [3.8, 4) is 44.5 Å². The topological polar surface area (TPSA) is 3.24 Å². The highest BCUT2D eigenvalue weighted by molar-refractivity contribution is 6.02. The molecule has 0 bridgehead atoms. The predicted molar refractivity (Wildman–Crippen MR) is 264 cm³/mol.